The summed E-state index contributed by atoms with van der Waals surface area (Å²) in [5.74, 6) is -0.411. The molecule has 1 heterocycles. The second kappa shape index (κ2) is 9.32. The maximum atomic E-state index is 13.0. The van der Waals surface area contributed by atoms with Gasteiger partial charge in [0.25, 0.3) is 0 Å². The summed E-state index contributed by atoms with van der Waals surface area (Å²) >= 11 is 0. The first-order valence-corrected chi connectivity index (χ1v) is 11.2. The molecule has 0 radical (unpaired) electrons. The first-order chi connectivity index (χ1) is 15.5. The van der Waals surface area contributed by atoms with E-state index in [1.54, 1.807) is 27.0 Å². The third-order valence-electron chi connectivity index (χ3n) is 6.23. The van der Waals surface area contributed by atoms with Crippen LogP contribution in [0.3, 0.4) is 0 Å². The van der Waals surface area contributed by atoms with Crippen LogP contribution < -0.4 is 4.74 Å². The fourth-order valence-corrected chi connectivity index (χ4v) is 4.71. The highest BCUT2D eigenvalue weighted by Crippen LogP contribution is 2.51. The topological polar surface area (TPSA) is 86.7 Å². The Balaban J connectivity index is 1.78. The molecule has 0 bridgehead atoms. The molecule has 0 amide bonds. The number of fused-ring (bicyclic) bond motifs is 3. The normalized spacial score (nSPS) is 22.6. The van der Waals surface area contributed by atoms with Gasteiger partial charge in [-0.15, -0.1) is 0 Å². The Morgan fingerprint density at radius 2 is 1.81 bits per heavy atom. The molecular formula is C24H30N2O6. The average molecular weight is 443 g/mol. The number of ether oxygens (including phenoxy) is 4. The van der Waals surface area contributed by atoms with Gasteiger partial charge in [0, 0.05) is 5.56 Å². The van der Waals surface area contributed by atoms with Crippen LogP contribution in [0.1, 0.15) is 37.8 Å². The SMILES string of the molecule is CCOC(=O)C1(C(=O)OCC)C=C2c3ccc(OC)cc3/C(=N\N3CCOCC3)CC2C1. The molecule has 32 heavy (non-hydrogen) atoms. The molecule has 1 saturated heterocycles. The number of benzene rings is 1. The molecule has 1 unspecified atom stereocenters. The van der Waals surface area contributed by atoms with E-state index in [0.29, 0.717) is 26.1 Å². The number of rotatable bonds is 6. The van der Waals surface area contributed by atoms with Gasteiger partial charge in [-0.05, 0) is 55.9 Å². The van der Waals surface area contributed by atoms with Gasteiger partial charge in [-0.25, -0.2) is 0 Å². The van der Waals surface area contributed by atoms with Crippen LogP contribution in [-0.4, -0.2) is 69.3 Å². The van der Waals surface area contributed by atoms with Crippen molar-refractivity contribution in [2.45, 2.75) is 26.7 Å². The van der Waals surface area contributed by atoms with Crippen molar-refractivity contribution in [3.63, 3.8) is 0 Å². The molecule has 0 spiro atoms. The van der Waals surface area contributed by atoms with Gasteiger partial charge in [-0.2, -0.15) is 5.10 Å². The molecular weight excluding hydrogens is 412 g/mol. The van der Waals surface area contributed by atoms with Crippen molar-refractivity contribution in [3.8, 4) is 5.75 Å². The van der Waals surface area contributed by atoms with Crippen molar-refractivity contribution in [1.82, 2.24) is 5.01 Å². The highest BCUT2D eigenvalue weighted by molar-refractivity contribution is 6.12. The maximum Gasteiger partial charge on any atom is 0.327 e. The molecule has 1 atom stereocenters. The minimum atomic E-state index is -1.43. The van der Waals surface area contributed by atoms with Gasteiger partial charge >= 0.3 is 11.9 Å². The smallest absolute Gasteiger partial charge is 0.327 e. The zero-order chi connectivity index (χ0) is 22.7. The summed E-state index contributed by atoms with van der Waals surface area (Å²) in [5.41, 5.74) is 2.38. The van der Waals surface area contributed by atoms with E-state index < -0.39 is 17.4 Å². The second-order valence-electron chi connectivity index (χ2n) is 8.14. The Labute approximate surface area is 188 Å². The van der Waals surface area contributed by atoms with Crippen LogP contribution in [0.2, 0.25) is 0 Å². The van der Waals surface area contributed by atoms with Crippen molar-refractivity contribution in [3.05, 3.63) is 35.4 Å². The van der Waals surface area contributed by atoms with Crippen molar-refractivity contribution < 1.29 is 28.5 Å². The number of carbonyl (C=O) groups is 2. The van der Waals surface area contributed by atoms with E-state index in [1.807, 2.05) is 23.2 Å². The fraction of sp³-hybridized carbons (Fsp3) is 0.542. The van der Waals surface area contributed by atoms with Gasteiger partial charge in [0.2, 0.25) is 0 Å². The molecule has 3 aliphatic rings. The molecule has 1 aromatic carbocycles. The summed E-state index contributed by atoms with van der Waals surface area (Å²) in [5, 5.41) is 6.96. The number of hydrogen-bond acceptors (Lipinski definition) is 8. The average Bonchev–Trinajstić information content (AvgIpc) is 3.21. The summed E-state index contributed by atoms with van der Waals surface area (Å²) in [6, 6.07) is 5.84. The summed E-state index contributed by atoms with van der Waals surface area (Å²) < 4.78 is 21.5. The largest absolute Gasteiger partial charge is 0.497 e. The molecule has 0 N–H and O–H groups in total. The molecule has 0 saturated carbocycles. The van der Waals surface area contributed by atoms with Gasteiger partial charge in [0.15, 0.2) is 5.41 Å². The van der Waals surface area contributed by atoms with Crippen LogP contribution in [0.15, 0.2) is 29.4 Å². The van der Waals surface area contributed by atoms with Crippen LogP contribution in [0.5, 0.6) is 5.75 Å². The molecule has 8 nitrogen and oxygen atoms in total. The molecule has 0 aromatic heterocycles. The highest BCUT2D eigenvalue weighted by Gasteiger charge is 2.54. The van der Waals surface area contributed by atoms with E-state index >= 15 is 0 Å². The number of hydrogen-bond donors (Lipinski definition) is 0. The first-order valence-electron chi connectivity index (χ1n) is 11.2. The summed E-state index contributed by atoms with van der Waals surface area (Å²) in [6.45, 7) is 6.62. The van der Waals surface area contributed by atoms with E-state index in [9.17, 15) is 9.59 Å². The van der Waals surface area contributed by atoms with Gasteiger partial charge in [-0.3, -0.25) is 14.6 Å². The Bertz CT molecular complexity index is 930. The van der Waals surface area contributed by atoms with Gasteiger partial charge in [0.05, 0.1) is 52.3 Å². The number of methoxy groups -OCH3 is 1. The summed E-state index contributed by atoms with van der Waals surface area (Å²) in [7, 11) is 1.63. The monoisotopic (exact) mass is 442 g/mol. The van der Waals surface area contributed by atoms with E-state index in [1.165, 1.54) is 0 Å². The highest BCUT2D eigenvalue weighted by atomic mass is 16.6. The van der Waals surface area contributed by atoms with Crippen LogP contribution >= 0.6 is 0 Å². The van der Waals surface area contributed by atoms with Gasteiger partial charge in [0.1, 0.15) is 5.75 Å². The van der Waals surface area contributed by atoms with E-state index in [-0.39, 0.29) is 19.1 Å². The van der Waals surface area contributed by atoms with Crippen LogP contribution in [-0.2, 0) is 23.8 Å². The molecule has 4 rings (SSSR count). The molecule has 1 fully saturated rings. The number of morpholine rings is 1. The van der Waals surface area contributed by atoms with E-state index in [0.717, 1.165) is 41.3 Å². The molecule has 2 aliphatic carbocycles. The molecule has 8 heteroatoms. The van der Waals surface area contributed by atoms with Crippen LogP contribution in [0.4, 0.5) is 0 Å². The van der Waals surface area contributed by atoms with E-state index in [2.05, 4.69) is 0 Å². The number of carbonyl (C=O) groups excluding carboxylic acids is 2. The first kappa shape index (κ1) is 22.3. The number of hydrazone groups is 1. The van der Waals surface area contributed by atoms with Crippen LogP contribution in [0, 0.1) is 11.3 Å². The van der Waals surface area contributed by atoms with E-state index in [4.69, 9.17) is 24.0 Å². The quantitative estimate of drug-likeness (QED) is 0.494. The lowest BCUT2D eigenvalue weighted by molar-refractivity contribution is -0.168. The Morgan fingerprint density at radius 1 is 1.12 bits per heavy atom. The summed E-state index contributed by atoms with van der Waals surface area (Å²) in [6.07, 6.45) is 2.70. The lowest BCUT2D eigenvalue weighted by Crippen LogP contribution is -2.40. The molecule has 1 aromatic rings. The minimum Gasteiger partial charge on any atom is -0.497 e. The van der Waals surface area contributed by atoms with Crippen molar-refractivity contribution in [2.75, 3.05) is 46.6 Å². The second-order valence-corrected chi connectivity index (χ2v) is 8.14. The Hall–Kier alpha value is -2.87. The molecule has 172 valence electrons. The number of allylic oxidation sites excluding steroid dienone is 1. The standard InChI is InChI=1S/C24H30N2O6/c1-4-31-22(27)24(23(28)32-5-2)14-16-12-21(25-26-8-10-30-11-9-26)19-13-17(29-3)6-7-18(19)20(16)15-24/h6-7,13,15-16H,4-5,8-12,14H2,1-3H3/b25-21-. The van der Waals surface area contributed by atoms with Gasteiger partial charge in [-0.1, -0.05) is 12.1 Å². The molecule has 1 aliphatic heterocycles. The predicted octanol–water partition coefficient (Wildman–Crippen LogP) is 2.65. The lowest BCUT2D eigenvalue weighted by atomic mass is 9.78. The minimum absolute atomic E-state index is 0.0375. The third-order valence-corrected chi connectivity index (χ3v) is 6.23. The van der Waals surface area contributed by atoms with Gasteiger partial charge < -0.3 is 18.9 Å². The zero-order valence-corrected chi connectivity index (χ0v) is 18.9. The fourth-order valence-electron chi connectivity index (χ4n) is 4.71. The van der Waals surface area contributed by atoms with Crippen LogP contribution in [0.25, 0.3) is 5.57 Å². The third kappa shape index (κ3) is 3.99. The van der Waals surface area contributed by atoms with Crippen molar-refractivity contribution in [1.29, 1.82) is 0 Å². The maximum absolute atomic E-state index is 13.0. The zero-order valence-electron chi connectivity index (χ0n) is 18.9. The van der Waals surface area contributed by atoms with Crippen molar-refractivity contribution in [2.24, 2.45) is 16.4 Å². The Morgan fingerprint density at radius 3 is 2.44 bits per heavy atom. The lowest BCUT2D eigenvalue weighted by Gasteiger charge is -2.30. The number of nitrogens with zero attached hydrogens (tertiary/aromatic N) is 2. The van der Waals surface area contributed by atoms with Crippen molar-refractivity contribution >= 4 is 23.2 Å². The number of esters is 2. The Kier molecular flexibility index (Phi) is 6.50. The summed E-state index contributed by atoms with van der Waals surface area (Å²) in [4.78, 5) is 26.0. The predicted molar refractivity (Wildman–Crippen MR) is 118 cm³/mol.